The molecule has 0 saturated heterocycles. The van der Waals surface area contributed by atoms with Crippen molar-refractivity contribution in [1.29, 1.82) is 0 Å². The van der Waals surface area contributed by atoms with Gasteiger partial charge in [0.1, 0.15) is 11.5 Å². The molecule has 0 bridgehead atoms. The first-order chi connectivity index (χ1) is 8.86. The molecule has 0 amide bonds. The van der Waals surface area contributed by atoms with Crippen LogP contribution in [0.2, 0.25) is 0 Å². The summed E-state index contributed by atoms with van der Waals surface area (Å²) in [7, 11) is 1.43. The van der Waals surface area contributed by atoms with Crippen LogP contribution in [-0.4, -0.2) is 50.9 Å². The Labute approximate surface area is 111 Å². The number of hydrogen-bond acceptors (Lipinski definition) is 6. The van der Waals surface area contributed by atoms with E-state index in [0.29, 0.717) is 4.68 Å². The molecule has 106 valence electrons. The maximum Gasteiger partial charge on any atom is 0.490 e. The Bertz CT molecular complexity index is 467. The van der Waals surface area contributed by atoms with Gasteiger partial charge >= 0.3 is 11.9 Å². The van der Waals surface area contributed by atoms with E-state index in [0.717, 1.165) is 6.33 Å². The predicted octanol–water partition coefficient (Wildman–Crippen LogP) is 0.385. The topological polar surface area (TPSA) is 95.1 Å². The fraction of sp³-hybridized carbons (Fsp3) is 0.625. The van der Waals surface area contributed by atoms with Crippen molar-refractivity contribution in [2.24, 2.45) is 0 Å². The zero-order valence-corrected chi connectivity index (χ0v) is 10.7. The zero-order chi connectivity index (χ0) is 14.5. The van der Waals surface area contributed by atoms with Gasteiger partial charge in [-0.15, -0.1) is 0 Å². The minimum atomic E-state index is -3.38. The molecule has 0 unspecified atom stereocenters. The number of thiocarbonyl (C=S) groups is 1. The summed E-state index contributed by atoms with van der Waals surface area (Å²) in [4.78, 5) is 12.0. The lowest BCUT2D eigenvalue weighted by Crippen LogP contribution is -2.42. The van der Waals surface area contributed by atoms with Gasteiger partial charge in [-0.05, 0) is 4.92 Å². The van der Waals surface area contributed by atoms with Crippen molar-refractivity contribution >= 4 is 23.2 Å². The van der Waals surface area contributed by atoms with Gasteiger partial charge in [0.2, 0.25) is 6.33 Å². The highest BCUT2D eigenvalue weighted by molar-refractivity contribution is 7.80. The summed E-state index contributed by atoms with van der Waals surface area (Å²) in [6, 6.07) is 0. The molecule has 0 aliphatic carbocycles. The van der Waals surface area contributed by atoms with Gasteiger partial charge in [0.05, 0.1) is 6.61 Å². The maximum atomic E-state index is 13.6. The van der Waals surface area contributed by atoms with Gasteiger partial charge in [0.25, 0.3) is 0 Å². The number of alkyl halides is 2. The van der Waals surface area contributed by atoms with Crippen molar-refractivity contribution in [2.75, 3.05) is 20.3 Å². The Hall–Kier alpha value is -1.75. The van der Waals surface area contributed by atoms with E-state index in [4.69, 9.17) is 0 Å². The van der Waals surface area contributed by atoms with Crippen molar-refractivity contribution in [3.05, 3.63) is 16.4 Å². The van der Waals surface area contributed by atoms with Crippen LogP contribution in [0.3, 0.4) is 0 Å². The third kappa shape index (κ3) is 4.44. The minimum Gasteiger partial charge on any atom is -0.390 e. The van der Waals surface area contributed by atoms with Gasteiger partial charge in [0, 0.05) is 18.8 Å². The number of rotatable bonds is 7. The smallest absolute Gasteiger partial charge is 0.390 e. The maximum absolute atomic E-state index is 13.6. The van der Waals surface area contributed by atoms with Crippen molar-refractivity contribution in [3.8, 4) is 0 Å². The van der Waals surface area contributed by atoms with Gasteiger partial charge in [-0.1, -0.05) is 17.2 Å². The standard InChI is InChI=1S/C8H11F2N5O3S/c1-18-3-2-11-6(19)8(9,10)4-14-5-12-7(13-14)15(16)17/h5H,2-4H2,1H3,(H,11,19). The molecule has 1 aromatic rings. The van der Waals surface area contributed by atoms with Crippen molar-refractivity contribution in [3.63, 3.8) is 0 Å². The average molecular weight is 295 g/mol. The van der Waals surface area contributed by atoms with E-state index in [9.17, 15) is 18.9 Å². The molecule has 11 heteroatoms. The minimum absolute atomic E-state index is 0.141. The van der Waals surface area contributed by atoms with Crippen LogP contribution in [-0.2, 0) is 11.3 Å². The van der Waals surface area contributed by atoms with E-state index in [1.165, 1.54) is 7.11 Å². The first-order valence-electron chi connectivity index (χ1n) is 5.05. The van der Waals surface area contributed by atoms with Crippen LogP contribution < -0.4 is 5.32 Å². The molecule has 19 heavy (non-hydrogen) atoms. The number of nitrogens with zero attached hydrogens (tertiary/aromatic N) is 4. The number of nitrogens with one attached hydrogen (secondary N) is 1. The van der Waals surface area contributed by atoms with Crippen LogP contribution in [0.25, 0.3) is 0 Å². The molecule has 0 spiro atoms. The first kappa shape index (κ1) is 15.3. The SMILES string of the molecule is COCCNC(=S)C(F)(F)Cn1cnc([N+](=O)[O-])n1. The lowest BCUT2D eigenvalue weighted by molar-refractivity contribution is -0.394. The van der Waals surface area contributed by atoms with Crippen LogP contribution in [0.15, 0.2) is 6.33 Å². The van der Waals surface area contributed by atoms with E-state index < -0.39 is 28.3 Å². The molecule has 1 rings (SSSR count). The highest BCUT2D eigenvalue weighted by Crippen LogP contribution is 2.17. The van der Waals surface area contributed by atoms with Crippen LogP contribution >= 0.6 is 12.2 Å². The lowest BCUT2D eigenvalue weighted by Gasteiger charge is -2.17. The second-order valence-electron chi connectivity index (χ2n) is 3.45. The third-order valence-electron chi connectivity index (χ3n) is 1.97. The summed E-state index contributed by atoms with van der Waals surface area (Å²) in [5.74, 6) is -4.13. The van der Waals surface area contributed by atoms with Gasteiger partial charge in [0.15, 0.2) is 0 Å². The molecule has 0 aliphatic heterocycles. The van der Waals surface area contributed by atoms with Gasteiger partial charge in [-0.2, -0.15) is 13.5 Å². The molecule has 0 aromatic carbocycles. The van der Waals surface area contributed by atoms with Gasteiger partial charge in [-0.3, -0.25) is 0 Å². The third-order valence-corrected chi connectivity index (χ3v) is 2.42. The number of methoxy groups -OCH3 is 1. The fourth-order valence-corrected chi connectivity index (χ4v) is 1.28. The summed E-state index contributed by atoms with van der Waals surface area (Å²) in [6.07, 6.45) is 0.851. The highest BCUT2D eigenvalue weighted by atomic mass is 32.1. The summed E-state index contributed by atoms with van der Waals surface area (Å²) < 4.78 is 32.6. The predicted molar refractivity (Wildman–Crippen MR) is 64.1 cm³/mol. The number of hydrogen-bond donors (Lipinski definition) is 1. The quantitative estimate of drug-likeness (QED) is 0.336. The number of aromatic nitrogens is 3. The second-order valence-corrected chi connectivity index (χ2v) is 3.86. The van der Waals surface area contributed by atoms with E-state index in [1.54, 1.807) is 0 Å². The van der Waals surface area contributed by atoms with Crippen molar-refractivity contribution in [1.82, 2.24) is 20.1 Å². The van der Waals surface area contributed by atoms with E-state index in [-0.39, 0.29) is 13.2 Å². The summed E-state index contributed by atoms with van der Waals surface area (Å²) in [6.45, 7) is -0.555. The molecule has 1 heterocycles. The first-order valence-corrected chi connectivity index (χ1v) is 5.46. The molecule has 8 nitrogen and oxygen atoms in total. The largest absolute Gasteiger partial charge is 0.490 e. The lowest BCUT2D eigenvalue weighted by atomic mass is 10.3. The fourth-order valence-electron chi connectivity index (χ4n) is 1.12. The van der Waals surface area contributed by atoms with Gasteiger partial charge < -0.3 is 20.2 Å². The van der Waals surface area contributed by atoms with Crippen LogP contribution in [0, 0.1) is 10.1 Å². The molecule has 0 aliphatic rings. The second kappa shape index (κ2) is 6.43. The number of ether oxygens (including phenoxy) is 1. The average Bonchev–Trinajstić information content (AvgIpc) is 2.77. The molecule has 0 fully saturated rings. The Morgan fingerprint density at radius 1 is 1.74 bits per heavy atom. The molecule has 0 radical (unpaired) electrons. The molecular weight excluding hydrogens is 284 g/mol. The Morgan fingerprint density at radius 2 is 2.42 bits per heavy atom. The molecule has 0 saturated carbocycles. The van der Waals surface area contributed by atoms with Crippen LogP contribution in [0.4, 0.5) is 14.7 Å². The van der Waals surface area contributed by atoms with Gasteiger partial charge in [-0.25, -0.2) is 0 Å². The molecular formula is C8H11F2N5O3S. The normalized spacial score (nSPS) is 11.3. The Kier molecular flexibility index (Phi) is 5.18. The molecule has 0 atom stereocenters. The zero-order valence-electron chi connectivity index (χ0n) is 9.88. The molecule has 1 N–H and O–H groups in total. The number of halogens is 2. The highest BCUT2D eigenvalue weighted by Gasteiger charge is 2.37. The Morgan fingerprint density at radius 3 is 2.95 bits per heavy atom. The van der Waals surface area contributed by atoms with E-state index in [2.05, 4.69) is 32.4 Å². The summed E-state index contributed by atoms with van der Waals surface area (Å²) in [5.41, 5.74) is 0. The van der Waals surface area contributed by atoms with Crippen molar-refractivity contribution < 1.29 is 18.4 Å². The van der Waals surface area contributed by atoms with Crippen LogP contribution in [0.1, 0.15) is 0 Å². The Balaban J connectivity index is 2.61. The monoisotopic (exact) mass is 295 g/mol. The molecule has 1 aromatic heterocycles. The van der Waals surface area contributed by atoms with E-state index in [1.807, 2.05) is 0 Å². The number of nitro groups is 1. The van der Waals surface area contributed by atoms with E-state index >= 15 is 0 Å². The summed E-state index contributed by atoms with van der Waals surface area (Å²) in [5, 5.41) is 15.9. The summed E-state index contributed by atoms with van der Waals surface area (Å²) >= 11 is 4.55. The van der Waals surface area contributed by atoms with Crippen molar-refractivity contribution in [2.45, 2.75) is 12.5 Å². The van der Waals surface area contributed by atoms with Crippen LogP contribution in [0.5, 0.6) is 0 Å².